The molecule has 1 aromatic heterocycles. The van der Waals surface area contributed by atoms with Crippen LogP contribution >= 0.6 is 0 Å². The van der Waals surface area contributed by atoms with Crippen LogP contribution in [0.25, 0.3) is 0 Å². The molecule has 0 saturated carbocycles. The van der Waals surface area contributed by atoms with Gasteiger partial charge in [0.15, 0.2) is 0 Å². The molecule has 1 aliphatic rings. The second kappa shape index (κ2) is 4.14. The molecule has 6 heteroatoms. The zero-order valence-corrected chi connectivity index (χ0v) is 9.34. The van der Waals surface area contributed by atoms with Crippen molar-refractivity contribution in [2.45, 2.75) is 6.92 Å². The molecule has 1 fully saturated rings. The van der Waals surface area contributed by atoms with Gasteiger partial charge in [-0.05, 0) is 6.92 Å². The summed E-state index contributed by atoms with van der Waals surface area (Å²) in [6.45, 7) is 3.18. The Labute approximate surface area is 90.0 Å². The lowest BCUT2D eigenvalue weighted by Gasteiger charge is -2.27. The zero-order chi connectivity index (χ0) is 10.8. The van der Waals surface area contributed by atoms with Crippen LogP contribution in [-0.4, -0.2) is 38.8 Å². The normalized spacial score (nSPS) is 18.1. The molecule has 2 heterocycles. The lowest BCUT2D eigenvalue weighted by molar-refractivity contribution is 0.672. The molecule has 0 unspecified atom stereocenters. The van der Waals surface area contributed by atoms with Crippen molar-refractivity contribution in [3.63, 3.8) is 0 Å². The molecule has 0 atom stereocenters. The second-order valence-corrected chi connectivity index (χ2v) is 5.22. The lowest BCUT2D eigenvalue weighted by atomic mass is 10.4. The topological polar surface area (TPSA) is 66.1 Å². The summed E-state index contributed by atoms with van der Waals surface area (Å²) in [5.74, 6) is 2.62. The van der Waals surface area contributed by atoms with E-state index in [0.717, 1.165) is 0 Å². The van der Waals surface area contributed by atoms with Crippen molar-refractivity contribution in [2.24, 2.45) is 0 Å². The molecule has 1 N–H and O–H groups in total. The number of anilines is 1. The highest BCUT2D eigenvalue weighted by Gasteiger charge is 2.16. The summed E-state index contributed by atoms with van der Waals surface area (Å²) in [7, 11) is -0.701. The van der Waals surface area contributed by atoms with Gasteiger partial charge in [-0.3, -0.25) is 9.00 Å². The van der Waals surface area contributed by atoms with Gasteiger partial charge >= 0.3 is 0 Å². The minimum absolute atomic E-state index is 0.135. The van der Waals surface area contributed by atoms with Gasteiger partial charge in [-0.1, -0.05) is 0 Å². The molecule has 5 nitrogen and oxygen atoms in total. The van der Waals surface area contributed by atoms with Crippen molar-refractivity contribution in [3.05, 3.63) is 22.2 Å². The second-order valence-electron chi connectivity index (χ2n) is 3.52. The maximum absolute atomic E-state index is 11.2. The summed E-state index contributed by atoms with van der Waals surface area (Å²) >= 11 is 0. The third-order valence-corrected chi connectivity index (χ3v) is 3.62. The Morgan fingerprint density at radius 2 is 2.13 bits per heavy atom. The number of aryl methyl sites for hydroxylation is 1. The van der Waals surface area contributed by atoms with E-state index in [-0.39, 0.29) is 5.56 Å². The highest BCUT2D eigenvalue weighted by atomic mass is 32.2. The first-order chi connectivity index (χ1) is 7.15. The summed E-state index contributed by atoms with van der Waals surface area (Å²) in [5.41, 5.74) is -0.135. The Kier molecular flexibility index (Phi) is 2.86. The number of nitrogens with one attached hydrogen (secondary N) is 1. The molecule has 1 saturated heterocycles. The third kappa shape index (κ3) is 2.44. The fourth-order valence-corrected chi connectivity index (χ4v) is 2.64. The number of rotatable bonds is 1. The van der Waals surface area contributed by atoms with Crippen LogP contribution in [0.5, 0.6) is 0 Å². The Bertz CT molecular complexity index is 433. The monoisotopic (exact) mass is 227 g/mol. The molecule has 0 bridgehead atoms. The van der Waals surface area contributed by atoms with Crippen LogP contribution in [0, 0.1) is 6.92 Å². The van der Waals surface area contributed by atoms with Crippen molar-refractivity contribution >= 4 is 16.6 Å². The molecule has 15 heavy (non-hydrogen) atoms. The highest BCUT2D eigenvalue weighted by molar-refractivity contribution is 7.85. The highest BCUT2D eigenvalue weighted by Crippen LogP contribution is 2.10. The van der Waals surface area contributed by atoms with E-state index in [1.54, 1.807) is 6.92 Å². The van der Waals surface area contributed by atoms with Crippen LogP contribution in [0.15, 0.2) is 10.9 Å². The largest absolute Gasteiger partial charge is 0.355 e. The predicted molar refractivity (Wildman–Crippen MR) is 59.7 cm³/mol. The van der Waals surface area contributed by atoms with Crippen LogP contribution in [0.4, 0.5) is 5.82 Å². The fourth-order valence-electron chi connectivity index (χ4n) is 1.59. The van der Waals surface area contributed by atoms with E-state index in [2.05, 4.69) is 9.97 Å². The van der Waals surface area contributed by atoms with Gasteiger partial charge in [-0.2, -0.15) is 0 Å². The Hall–Kier alpha value is -1.17. The molecular formula is C9H13N3O2S. The van der Waals surface area contributed by atoms with Gasteiger partial charge in [-0.15, -0.1) is 0 Å². The van der Waals surface area contributed by atoms with E-state index in [1.807, 2.05) is 4.90 Å². The summed E-state index contributed by atoms with van der Waals surface area (Å²) < 4.78 is 11.2. The van der Waals surface area contributed by atoms with E-state index in [0.29, 0.717) is 36.2 Å². The van der Waals surface area contributed by atoms with Gasteiger partial charge < -0.3 is 9.88 Å². The Morgan fingerprint density at radius 3 is 2.73 bits per heavy atom. The molecule has 0 spiro atoms. The van der Waals surface area contributed by atoms with E-state index in [1.165, 1.54) is 6.07 Å². The zero-order valence-electron chi connectivity index (χ0n) is 8.52. The first-order valence-corrected chi connectivity index (χ1v) is 6.32. The maximum Gasteiger partial charge on any atom is 0.252 e. The SMILES string of the molecule is Cc1nc(N2CCS(=O)CC2)cc(=O)[nH]1. The smallest absolute Gasteiger partial charge is 0.252 e. The summed E-state index contributed by atoms with van der Waals surface area (Å²) in [6, 6.07) is 1.49. The van der Waals surface area contributed by atoms with Crippen molar-refractivity contribution < 1.29 is 4.21 Å². The van der Waals surface area contributed by atoms with Crippen LogP contribution in [0.1, 0.15) is 5.82 Å². The van der Waals surface area contributed by atoms with Crippen molar-refractivity contribution in [2.75, 3.05) is 29.5 Å². The van der Waals surface area contributed by atoms with Gasteiger partial charge in [0.05, 0.1) is 0 Å². The number of H-pyrrole nitrogens is 1. The molecule has 0 aromatic carbocycles. The molecule has 0 amide bonds. The van der Waals surface area contributed by atoms with Crippen LogP contribution in [-0.2, 0) is 10.8 Å². The van der Waals surface area contributed by atoms with E-state index < -0.39 is 10.8 Å². The predicted octanol–water partition coefficient (Wildman–Crippen LogP) is -0.353. The third-order valence-electron chi connectivity index (χ3n) is 2.35. The molecule has 1 aliphatic heterocycles. The molecule has 1 aromatic rings. The van der Waals surface area contributed by atoms with E-state index in [4.69, 9.17) is 0 Å². The van der Waals surface area contributed by atoms with Crippen molar-refractivity contribution in [3.8, 4) is 0 Å². The van der Waals surface area contributed by atoms with Crippen LogP contribution < -0.4 is 10.5 Å². The standard InChI is InChI=1S/C9H13N3O2S/c1-7-10-8(6-9(13)11-7)12-2-4-15(14)5-3-12/h6H,2-5H2,1H3,(H,10,11,13). The number of aromatic nitrogens is 2. The van der Waals surface area contributed by atoms with Crippen LogP contribution in [0.3, 0.4) is 0 Å². The van der Waals surface area contributed by atoms with Crippen molar-refractivity contribution in [1.82, 2.24) is 9.97 Å². The number of nitrogens with zero attached hydrogens (tertiary/aromatic N) is 2. The van der Waals surface area contributed by atoms with Gasteiger partial charge in [0, 0.05) is 41.5 Å². The molecule has 82 valence electrons. The Balaban J connectivity index is 2.22. The van der Waals surface area contributed by atoms with Gasteiger partial charge in [0.1, 0.15) is 11.6 Å². The van der Waals surface area contributed by atoms with Gasteiger partial charge in [-0.25, -0.2) is 4.98 Å². The average molecular weight is 227 g/mol. The minimum atomic E-state index is -0.701. The lowest BCUT2D eigenvalue weighted by Crippen LogP contribution is -2.38. The maximum atomic E-state index is 11.2. The molecule has 0 aliphatic carbocycles. The van der Waals surface area contributed by atoms with Crippen molar-refractivity contribution in [1.29, 1.82) is 0 Å². The average Bonchev–Trinajstić information content (AvgIpc) is 2.17. The summed E-state index contributed by atoms with van der Waals surface area (Å²) in [5, 5.41) is 0. The van der Waals surface area contributed by atoms with E-state index >= 15 is 0 Å². The number of hydrogen-bond donors (Lipinski definition) is 1. The van der Waals surface area contributed by atoms with Gasteiger partial charge in [0.25, 0.3) is 5.56 Å². The van der Waals surface area contributed by atoms with Gasteiger partial charge in [0.2, 0.25) is 0 Å². The molecule has 0 radical (unpaired) electrons. The molecule has 2 rings (SSSR count). The quantitative estimate of drug-likeness (QED) is 0.712. The first kappa shape index (κ1) is 10.4. The fraction of sp³-hybridized carbons (Fsp3) is 0.556. The number of hydrogen-bond acceptors (Lipinski definition) is 4. The summed E-state index contributed by atoms with van der Waals surface area (Å²) in [6.07, 6.45) is 0. The van der Waals surface area contributed by atoms with Crippen LogP contribution in [0.2, 0.25) is 0 Å². The summed E-state index contributed by atoms with van der Waals surface area (Å²) in [4.78, 5) is 20.1. The van der Waals surface area contributed by atoms with E-state index in [9.17, 15) is 9.00 Å². The minimum Gasteiger partial charge on any atom is -0.355 e. The molecular weight excluding hydrogens is 214 g/mol. The number of aromatic amines is 1. The first-order valence-electron chi connectivity index (χ1n) is 4.83. The Morgan fingerprint density at radius 1 is 1.47 bits per heavy atom.